The smallest absolute Gasteiger partial charge is 0.196 e. The molecule has 0 fully saturated rings. The van der Waals surface area contributed by atoms with Crippen LogP contribution in [0.5, 0.6) is 5.75 Å². The Labute approximate surface area is 272 Å². The molecule has 47 heavy (non-hydrogen) atoms. The van der Waals surface area contributed by atoms with Crippen molar-refractivity contribution in [3.63, 3.8) is 0 Å². The maximum atomic E-state index is 6.60. The van der Waals surface area contributed by atoms with Gasteiger partial charge in [-0.1, -0.05) is 146 Å². The number of rotatable bonds is 5. The normalized spacial score (nSPS) is 13.7. The maximum absolute atomic E-state index is 6.60. The van der Waals surface area contributed by atoms with Gasteiger partial charge in [0.2, 0.25) is 0 Å². The number of ether oxygens (including phenoxy) is 1. The average Bonchev–Trinajstić information content (AvgIpc) is 3.60. The number of aromatic nitrogens is 3. The van der Waals surface area contributed by atoms with Crippen LogP contribution in [0.25, 0.3) is 66.8 Å². The summed E-state index contributed by atoms with van der Waals surface area (Å²) in [6.07, 6.45) is -0.247. The average molecular weight is 605 g/mol. The van der Waals surface area contributed by atoms with Gasteiger partial charge in [0, 0.05) is 27.6 Å². The summed E-state index contributed by atoms with van der Waals surface area (Å²) < 4.78 is 6.60. The lowest BCUT2D eigenvalue weighted by molar-refractivity contribution is 0.263. The van der Waals surface area contributed by atoms with Gasteiger partial charge in [-0.15, -0.1) is 0 Å². The summed E-state index contributed by atoms with van der Waals surface area (Å²) in [7, 11) is 0. The molecule has 1 N–H and O–H groups in total. The number of nitrogens with zero attached hydrogens (tertiary/aromatic N) is 3. The van der Waals surface area contributed by atoms with Gasteiger partial charge >= 0.3 is 0 Å². The molecule has 1 aromatic heterocycles. The lowest BCUT2D eigenvalue weighted by atomic mass is 9.98. The third kappa shape index (κ3) is 4.95. The number of fused-ring (bicyclic) bond motifs is 5. The van der Waals surface area contributed by atoms with E-state index in [0.717, 1.165) is 60.8 Å². The Morgan fingerprint density at radius 2 is 0.936 bits per heavy atom. The molecule has 0 saturated carbocycles. The van der Waals surface area contributed by atoms with Crippen LogP contribution in [0.4, 0.5) is 5.69 Å². The first-order chi connectivity index (χ1) is 23.3. The van der Waals surface area contributed by atoms with Crippen molar-refractivity contribution in [1.82, 2.24) is 15.0 Å². The Kier molecular flexibility index (Phi) is 6.46. The minimum Gasteiger partial charge on any atom is -0.464 e. The van der Waals surface area contributed by atoms with Crippen LogP contribution in [0.1, 0.15) is 11.8 Å². The SMILES string of the molecule is c1ccc(-c2ccc(-c3nc(-c4ccccc4)nc(-c4ccc5ccc6ccc7c(c6c5c4)OC(c4ccccc4)N7)n3)cc2)cc1. The summed E-state index contributed by atoms with van der Waals surface area (Å²) in [6.45, 7) is 0. The minimum atomic E-state index is -0.247. The third-order valence-corrected chi connectivity index (χ3v) is 8.76. The highest BCUT2D eigenvalue weighted by atomic mass is 16.5. The number of hydrogen-bond acceptors (Lipinski definition) is 5. The molecule has 1 aliphatic rings. The Bertz CT molecular complexity index is 2390. The molecule has 8 aromatic rings. The molecular weight excluding hydrogens is 576 g/mol. The highest BCUT2D eigenvalue weighted by Gasteiger charge is 2.26. The molecule has 9 rings (SSSR count). The van der Waals surface area contributed by atoms with Crippen molar-refractivity contribution < 1.29 is 4.74 Å². The van der Waals surface area contributed by atoms with Crippen LogP contribution in [-0.4, -0.2) is 15.0 Å². The van der Waals surface area contributed by atoms with Crippen molar-refractivity contribution in [3.8, 4) is 51.0 Å². The zero-order valence-electron chi connectivity index (χ0n) is 25.3. The highest BCUT2D eigenvalue weighted by molar-refractivity contribution is 6.13. The number of benzene rings is 7. The molecule has 1 unspecified atom stereocenters. The molecule has 0 spiro atoms. The second-order valence-electron chi connectivity index (χ2n) is 11.7. The van der Waals surface area contributed by atoms with E-state index >= 15 is 0 Å². The Morgan fingerprint density at radius 1 is 0.447 bits per heavy atom. The van der Waals surface area contributed by atoms with Crippen LogP contribution < -0.4 is 10.1 Å². The molecule has 0 aliphatic carbocycles. The quantitative estimate of drug-likeness (QED) is 0.198. The minimum absolute atomic E-state index is 0.247. The van der Waals surface area contributed by atoms with Gasteiger partial charge in [0.15, 0.2) is 29.5 Å². The fourth-order valence-corrected chi connectivity index (χ4v) is 6.35. The van der Waals surface area contributed by atoms with E-state index in [1.807, 2.05) is 54.6 Å². The molecule has 7 aromatic carbocycles. The van der Waals surface area contributed by atoms with Gasteiger partial charge in [0.05, 0.1) is 5.69 Å². The van der Waals surface area contributed by atoms with Gasteiger partial charge in [-0.3, -0.25) is 0 Å². The van der Waals surface area contributed by atoms with Gasteiger partial charge in [0.1, 0.15) is 0 Å². The van der Waals surface area contributed by atoms with E-state index in [1.54, 1.807) is 0 Å². The standard InChI is InChI=1S/C42H28N4O/c1-4-10-27(11-5-1)28-16-21-32(22-17-28)40-44-39(31-12-6-2-7-13-31)45-41(46-40)34-23-19-29-18-20-30-24-25-36-38(37(30)35(29)26-34)47-42(43-36)33-14-8-3-9-15-33/h1-26,42-43H. The van der Waals surface area contributed by atoms with Crippen LogP contribution in [0, 0.1) is 0 Å². The lowest BCUT2D eigenvalue weighted by Gasteiger charge is -2.13. The van der Waals surface area contributed by atoms with Gasteiger partial charge in [0.25, 0.3) is 0 Å². The molecule has 0 saturated heterocycles. The molecule has 222 valence electrons. The maximum Gasteiger partial charge on any atom is 0.196 e. The highest BCUT2D eigenvalue weighted by Crippen LogP contribution is 2.46. The van der Waals surface area contributed by atoms with E-state index in [1.165, 1.54) is 5.56 Å². The Morgan fingerprint density at radius 3 is 1.64 bits per heavy atom. The second-order valence-corrected chi connectivity index (χ2v) is 11.7. The van der Waals surface area contributed by atoms with Crippen LogP contribution in [0.2, 0.25) is 0 Å². The van der Waals surface area contributed by atoms with Crippen LogP contribution >= 0.6 is 0 Å². The van der Waals surface area contributed by atoms with E-state index in [2.05, 4.69) is 108 Å². The molecule has 0 amide bonds. The number of anilines is 1. The monoisotopic (exact) mass is 604 g/mol. The predicted molar refractivity (Wildman–Crippen MR) is 190 cm³/mol. The van der Waals surface area contributed by atoms with E-state index in [-0.39, 0.29) is 6.23 Å². The summed E-state index contributed by atoms with van der Waals surface area (Å²) in [6, 6.07) is 54.1. The zero-order valence-corrected chi connectivity index (χ0v) is 25.3. The molecule has 0 radical (unpaired) electrons. The summed E-state index contributed by atoms with van der Waals surface area (Å²) in [5.41, 5.74) is 7.17. The van der Waals surface area contributed by atoms with Gasteiger partial charge in [-0.05, 0) is 39.4 Å². The largest absolute Gasteiger partial charge is 0.464 e. The summed E-state index contributed by atoms with van der Waals surface area (Å²) in [5, 5.41) is 7.96. The fourth-order valence-electron chi connectivity index (χ4n) is 6.35. The van der Waals surface area contributed by atoms with Gasteiger partial charge < -0.3 is 10.1 Å². The van der Waals surface area contributed by atoms with Crippen LogP contribution in [-0.2, 0) is 0 Å². The summed E-state index contributed by atoms with van der Waals surface area (Å²) in [5.74, 6) is 2.74. The molecule has 0 bridgehead atoms. The first-order valence-electron chi connectivity index (χ1n) is 15.7. The fraction of sp³-hybridized carbons (Fsp3) is 0.0238. The van der Waals surface area contributed by atoms with Crippen LogP contribution in [0.3, 0.4) is 0 Å². The Hall–Kier alpha value is -6.33. The second kappa shape index (κ2) is 11.2. The topological polar surface area (TPSA) is 59.9 Å². The van der Waals surface area contributed by atoms with E-state index < -0.39 is 0 Å². The van der Waals surface area contributed by atoms with E-state index in [9.17, 15) is 0 Å². The first kappa shape index (κ1) is 27.0. The van der Waals surface area contributed by atoms with Crippen LogP contribution in [0.15, 0.2) is 158 Å². The summed E-state index contributed by atoms with van der Waals surface area (Å²) in [4.78, 5) is 15.0. The van der Waals surface area contributed by atoms with Crippen molar-refractivity contribution in [3.05, 3.63) is 163 Å². The molecular formula is C42H28N4O. The lowest BCUT2D eigenvalue weighted by Crippen LogP contribution is -2.09. The van der Waals surface area contributed by atoms with Gasteiger partial charge in [-0.25, -0.2) is 15.0 Å². The number of hydrogen-bond donors (Lipinski definition) is 1. The summed E-state index contributed by atoms with van der Waals surface area (Å²) >= 11 is 0. The van der Waals surface area contributed by atoms with Crippen molar-refractivity contribution in [2.24, 2.45) is 0 Å². The van der Waals surface area contributed by atoms with E-state index in [4.69, 9.17) is 19.7 Å². The zero-order chi connectivity index (χ0) is 31.2. The van der Waals surface area contributed by atoms with Crippen molar-refractivity contribution in [2.75, 3.05) is 5.32 Å². The van der Waals surface area contributed by atoms with E-state index in [0.29, 0.717) is 17.5 Å². The predicted octanol–water partition coefficient (Wildman–Crippen LogP) is 10.3. The van der Waals surface area contributed by atoms with Crippen molar-refractivity contribution in [1.29, 1.82) is 0 Å². The third-order valence-electron chi connectivity index (χ3n) is 8.76. The Balaban J connectivity index is 1.18. The van der Waals surface area contributed by atoms with Crippen molar-refractivity contribution in [2.45, 2.75) is 6.23 Å². The molecule has 1 aliphatic heterocycles. The molecule has 5 nitrogen and oxygen atoms in total. The van der Waals surface area contributed by atoms with Gasteiger partial charge in [-0.2, -0.15) is 0 Å². The molecule has 1 atom stereocenters. The number of nitrogens with one attached hydrogen (secondary N) is 1. The molecule has 5 heteroatoms. The first-order valence-corrected chi connectivity index (χ1v) is 15.7. The molecule has 2 heterocycles. The van der Waals surface area contributed by atoms with Crippen molar-refractivity contribution >= 4 is 27.2 Å².